The zero-order valence-corrected chi connectivity index (χ0v) is 13.4. The molecule has 0 amide bonds. The van der Waals surface area contributed by atoms with E-state index in [0.717, 1.165) is 11.4 Å². The quantitative estimate of drug-likeness (QED) is 0.601. The van der Waals surface area contributed by atoms with Crippen molar-refractivity contribution in [3.8, 4) is 0 Å². The Bertz CT molecular complexity index is 333. The van der Waals surface area contributed by atoms with Crippen LogP contribution in [0.5, 0.6) is 0 Å². The van der Waals surface area contributed by atoms with E-state index < -0.39 is 16.5 Å². The number of aromatic nitrogens is 2. The molecule has 0 unspecified atom stereocenters. The van der Waals surface area contributed by atoms with Gasteiger partial charge in [-0.15, -0.1) is 0 Å². The summed E-state index contributed by atoms with van der Waals surface area (Å²) in [6, 6.07) is 11.7. The summed E-state index contributed by atoms with van der Waals surface area (Å²) >= 11 is -0.472. The van der Waals surface area contributed by atoms with Crippen molar-refractivity contribution < 1.29 is 16.5 Å². The Balaban J connectivity index is 0.000000247. The van der Waals surface area contributed by atoms with E-state index in [1.165, 1.54) is 0 Å². The fourth-order valence-corrected chi connectivity index (χ4v) is 0.896. The third-order valence-electron chi connectivity index (χ3n) is 1.63. The van der Waals surface area contributed by atoms with Crippen molar-refractivity contribution in [1.82, 2.24) is 9.97 Å². The van der Waals surface area contributed by atoms with E-state index in [1.54, 1.807) is 12.4 Å². The molecule has 17 heavy (non-hydrogen) atoms. The first-order chi connectivity index (χ1) is 8.20. The van der Waals surface area contributed by atoms with E-state index in [2.05, 4.69) is 9.97 Å². The van der Waals surface area contributed by atoms with Crippen LogP contribution >= 0.6 is 18.8 Å². The molecular formula is C12H14Cl2N2Pt. The normalized spacial score (nSPS) is 8.47. The van der Waals surface area contributed by atoms with Crippen LogP contribution in [0.4, 0.5) is 0 Å². The van der Waals surface area contributed by atoms with Gasteiger partial charge in [-0.05, 0) is 38.1 Å². The zero-order valence-electron chi connectivity index (χ0n) is 9.59. The fraction of sp³-hybridized carbons (Fsp3) is 0.167. The van der Waals surface area contributed by atoms with Crippen LogP contribution in [-0.4, -0.2) is 9.97 Å². The summed E-state index contributed by atoms with van der Waals surface area (Å²) in [6.07, 6.45) is 3.57. The maximum atomic E-state index is 4.88. The number of hydrogen-bond acceptors (Lipinski definition) is 2. The second-order valence-electron chi connectivity index (χ2n) is 2.99. The monoisotopic (exact) mass is 451 g/mol. The van der Waals surface area contributed by atoms with Crippen LogP contribution in [-0.2, 0) is 16.5 Å². The fourth-order valence-electron chi connectivity index (χ4n) is 0.896. The molecule has 0 spiro atoms. The van der Waals surface area contributed by atoms with Crippen molar-refractivity contribution >= 4 is 18.8 Å². The van der Waals surface area contributed by atoms with Gasteiger partial charge in [-0.25, -0.2) is 0 Å². The molecule has 2 aromatic heterocycles. The standard InChI is InChI=1S/2C6H7N.2ClH.Pt/c2*1-6-4-2-3-5-7-6;;;/h2*2-5H,1H3;2*1H;/q;;;;+2/p-2. The summed E-state index contributed by atoms with van der Waals surface area (Å²) in [7, 11) is 9.75. The number of aryl methyl sites for hydroxylation is 2. The van der Waals surface area contributed by atoms with Crippen LogP contribution in [0.15, 0.2) is 48.8 Å². The third-order valence-corrected chi connectivity index (χ3v) is 1.63. The van der Waals surface area contributed by atoms with Crippen LogP contribution in [0.2, 0.25) is 0 Å². The molecule has 5 heteroatoms. The molecule has 0 N–H and O–H groups in total. The first kappa shape index (κ1) is 16.6. The molecule has 0 fully saturated rings. The first-order valence-electron chi connectivity index (χ1n) is 4.78. The van der Waals surface area contributed by atoms with Gasteiger partial charge in [0.15, 0.2) is 0 Å². The summed E-state index contributed by atoms with van der Waals surface area (Å²) in [4.78, 5) is 7.96. The topological polar surface area (TPSA) is 25.8 Å². The average molecular weight is 452 g/mol. The molecule has 0 aliphatic carbocycles. The minimum absolute atomic E-state index is 0.472. The molecule has 2 nitrogen and oxygen atoms in total. The van der Waals surface area contributed by atoms with Crippen molar-refractivity contribution in [2.24, 2.45) is 0 Å². The maximum absolute atomic E-state index is 4.88. The molecule has 0 bridgehead atoms. The predicted octanol–water partition coefficient (Wildman–Crippen LogP) is 4.16. The van der Waals surface area contributed by atoms with Gasteiger partial charge in [0.05, 0.1) is 0 Å². The van der Waals surface area contributed by atoms with Gasteiger partial charge in [0.1, 0.15) is 0 Å². The Morgan fingerprint density at radius 1 is 0.824 bits per heavy atom. The summed E-state index contributed by atoms with van der Waals surface area (Å²) < 4.78 is 0. The van der Waals surface area contributed by atoms with Gasteiger partial charge in [0.2, 0.25) is 0 Å². The average Bonchev–Trinajstić information content (AvgIpc) is 2.33. The molecule has 2 rings (SSSR count). The first-order valence-corrected chi connectivity index (χ1v) is 10.4. The zero-order chi connectivity index (χ0) is 12.9. The number of pyridine rings is 2. The van der Waals surface area contributed by atoms with Gasteiger partial charge < -0.3 is 0 Å². The Morgan fingerprint density at radius 2 is 1.18 bits per heavy atom. The van der Waals surface area contributed by atoms with Gasteiger partial charge in [-0.2, -0.15) is 0 Å². The molecular weight excluding hydrogens is 438 g/mol. The second-order valence-corrected chi connectivity index (χ2v) is 6.27. The van der Waals surface area contributed by atoms with E-state index in [-0.39, 0.29) is 0 Å². The summed E-state index contributed by atoms with van der Waals surface area (Å²) in [5.41, 5.74) is 2.14. The second kappa shape index (κ2) is 12.0. The molecule has 0 aromatic carbocycles. The van der Waals surface area contributed by atoms with Crippen molar-refractivity contribution in [2.45, 2.75) is 13.8 Å². The van der Waals surface area contributed by atoms with Crippen molar-refractivity contribution in [3.63, 3.8) is 0 Å². The van der Waals surface area contributed by atoms with E-state index in [1.807, 2.05) is 50.2 Å². The predicted molar refractivity (Wildman–Crippen MR) is 69.7 cm³/mol. The van der Waals surface area contributed by atoms with E-state index >= 15 is 0 Å². The van der Waals surface area contributed by atoms with Gasteiger partial charge in [0.25, 0.3) is 0 Å². The molecule has 0 radical (unpaired) electrons. The van der Waals surface area contributed by atoms with Gasteiger partial charge in [0, 0.05) is 23.8 Å². The molecule has 0 aliphatic rings. The van der Waals surface area contributed by atoms with E-state index in [0.29, 0.717) is 0 Å². The molecule has 0 saturated heterocycles. The van der Waals surface area contributed by atoms with E-state index in [4.69, 9.17) is 18.8 Å². The van der Waals surface area contributed by atoms with Crippen molar-refractivity contribution in [2.75, 3.05) is 0 Å². The van der Waals surface area contributed by atoms with Crippen molar-refractivity contribution in [1.29, 1.82) is 0 Å². The molecule has 96 valence electrons. The summed E-state index contributed by atoms with van der Waals surface area (Å²) in [6.45, 7) is 3.94. The van der Waals surface area contributed by atoms with Gasteiger partial charge in [-0.1, -0.05) is 12.1 Å². The number of rotatable bonds is 0. The number of nitrogens with zero attached hydrogens (tertiary/aromatic N) is 2. The SMILES string of the molecule is Cc1ccccn1.Cc1ccccn1.[Cl][Pt][Cl]. The number of halogens is 2. The Kier molecular flexibility index (Phi) is 11.7. The Hall–Kier alpha value is -0.432. The molecule has 2 aromatic rings. The van der Waals surface area contributed by atoms with Crippen LogP contribution in [0, 0.1) is 13.8 Å². The third kappa shape index (κ3) is 11.8. The summed E-state index contributed by atoms with van der Waals surface area (Å²) in [5, 5.41) is 0. The Morgan fingerprint density at radius 3 is 1.29 bits per heavy atom. The van der Waals surface area contributed by atoms with Crippen LogP contribution in [0.25, 0.3) is 0 Å². The van der Waals surface area contributed by atoms with Crippen LogP contribution in [0.3, 0.4) is 0 Å². The number of hydrogen-bond donors (Lipinski definition) is 0. The Labute approximate surface area is 119 Å². The molecule has 0 aliphatic heterocycles. The summed E-state index contributed by atoms with van der Waals surface area (Å²) in [5.74, 6) is 0. The van der Waals surface area contributed by atoms with Crippen molar-refractivity contribution in [3.05, 3.63) is 60.2 Å². The van der Waals surface area contributed by atoms with Crippen LogP contribution in [0.1, 0.15) is 11.4 Å². The van der Waals surface area contributed by atoms with Gasteiger partial charge in [-0.3, -0.25) is 9.97 Å². The molecule has 0 atom stereocenters. The van der Waals surface area contributed by atoms with Crippen LogP contribution < -0.4 is 0 Å². The minimum atomic E-state index is -0.472. The molecule has 0 saturated carbocycles. The van der Waals surface area contributed by atoms with E-state index in [9.17, 15) is 0 Å². The van der Waals surface area contributed by atoms with Gasteiger partial charge >= 0.3 is 35.3 Å². The molecule has 2 heterocycles.